The summed E-state index contributed by atoms with van der Waals surface area (Å²) in [5.41, 5.74) is 0. The van der Waals surface area contributed by atoms with Gasteiger partial charge in [0.15, 0.2) is 0 Å². The van der Waals surface area contributed by atoms with Gasteiger partial charge in [-0.05, 0) is 20.9 Å². The zero-order chi connectivity index (χ0) is 8.85. The maximum absolute atomic E-state index is 11.0. The fourth-order valence-electron chi connectivity index (χ4n) is 0.515. The highest BCUT2D eigenvalue weighted by molar-refractivity contribution is 5.83. The van der Waals surface area contributed by atoms with E-state index in [1.54, 1.807) is 20.9 Å². The van der Waals surface area contributed by atoms with Crippen LogP contribution in [0.4, 0.5) is 0 Å². The normalized spacial score (nSPS) is 15.2. The molecule has 11 heavy (non-hydrogen) atoms. The van der Waals surface area contributed by atoms with Gasteiger partial charge in [0.1, 0.15) is 6.29 Å². The maximum atomic E-state index is 11.0. The molecule has 0 saturated carbocycles. The Kier molecular flexibility index (Phi) is 4.45. The molecule has 0 heterocycles. The summed E-state index contributed by atoms with van der Waals surface area (Å²) in [6, 6.07) is -0.657. The predicted octanol–water partition coefficient (Wildman–Crippen LogP) is -0.702. The van der Waals surface area contributed by atoms with Crippen molar-refractivity contribution in [3.8, 4) is 0 Å². The van der Waals surface area contributed by atoms with Crippen molar-refractivity contribution in [2.24, 2.45) is 0 Å². The smallest absolute Gasteiger partial charge is 0.237 e. The van der Waals surface area contributed by atoms with Crippen molar-refractivity contribution >= 4 is 12.2 Å². The number of carbonyl (C=O) groups excluding carboxylic acids is 2. The summed E-state index contributed by atoms with van der Waals surface area (Å²) < 4.78 is 0. The summed E-state index contributed by atoms with van der Waals surface area (Å²) in [4.78, 5) is 21.1. The second-order valence-corrected chi connectivity index (χ2v) is 2.44. The van der Waals surface area contributed by atoms with Gasteiger partial charge < -0.3 is 15.4 Å². The lowest BCUT2D eigenvalue weighted by Gasteiger charge is -2.12. The minimum atomic E-state index is -0.404. The van der Waals surface area contributed by atoms with Gasteiger partial charge in [-0.2, -0.15) is 0 Å². The molecule has 2 N–H and O–H groups in total. The molecule has 0 aliphatic carbocycles. The van der Waals surface area contributed by atoms with Crippen molar-refractivity contribution in [1.29, 1.82) is 0 Å². The molecular weight excluding hydrogens is 144 g/mol. The fraction of sp³-hybridized carbons (Fsp3) is 0.714. The van der Waals surface area contributed by atoms with Crippen LogP contribution in [0.5, 0.6) is 0 Å². The van der Waals surface area contributed by atoms with Crippen LogP contribution >= 0.6 is 0 Å². The van der Waals surface area contributed by atoms with Gasteiger partial charge in [-0.15, -0.1) is 0 Å². The first-order valence-electron chi connectivity index (χ1n) is 3.54. The van der Waals surface area contributed by atoms with Crippen LogP contribution in [0.1, 0.15) is 13.8 Å². The summed E-state index contributed by atoms with van der Waals surface area (Å²) in [5, 5.41) is 5.28. The van der Waals surface area contributed by atoms with E-state index in [2.05, 4.69) is 10.6 Å². The molecule has 0 spiro atoms. The first-order valence-corrected chi connectivity index (χ1v) is 3.54. The fourth-order valence-corrected chi connectivity index (χ4v) is 0.515. The first kappa shape index (κ1) is 10.1. The average Bonchev–Trinajstić information content (AvgIpc) is 2.02. The van der Waals surface area contributed by atoms with Gasteiger partial charge >= 0.3 is 0 Å². The minimum absolute atomic E-state index is 0.160. The highest BCUT2D eigenvalue weighted by Gasteiger charge is 2.11. The van der Waals surface area contributed by atoms with Crippen LogP contribution in [-0.4, -0.2) is 31.3 Å². The number of likely N-dealkylation sites (N-methyl/N-ethyl adjacent to an activating group) is 1. The highest BCUT2D eigenvalue weighted by Crippen LogP contribution is 1.81. The lowest BCUT2D eigenvalue weighted by atomic mass is 10.3. The van der Waals surface area contributed by atoms with Crippen molar-refractivity contribution in [3.05, 3.63) is 0 Å². The predicted molar refractivity (Wildman–Crippen MR) is 42.2 cm³/mol. The number of hydrogen-bond donors (Lipinski definition) is 2. The van der Waals surface area contributed by atoms with Crippen molar-refractivity contribution in [2.45, 2.75) is 25.9 Å². The lowest BCUT2D eigenvalue weighted by molar-refractivity contribution is -0.125. The van der Waals surface area contributed by atoms with Gasteiger partial charge in [-0.25, -0.2) is 0 Å². The molecule has 0 fully saturated rings. The van der Waals surface area contributed by atoms with Crippen LogP contribution in [0.25, 0.3) is 0 Å². The van der Waals surface area contributed by atoms with E-state index < -0.39 is 6.04 Å². The van der Waals surface area contributed by atoms with Crippen LogP contribution in [0.3, 0.4) is 0 Å². The average molecular weight is 158 g/mol. The number of aldehydes is 1. The Hall–Kier alpha value is -0.900. The number of nitrogens with one attached hydrogen (secondary N) is 2. The van der Waals surface area contributed by atoms with Crippen LogP contribution in [0, 0.1) is 0 Å². The third-order valence-corrected chi connectivity index (χ3v) is 1.40. The molecule has 0 radical (unpaired) electrons. The van der Waals surface area contributed by atoms with Crippen molar-refractivity contribution in [1.82, 2.24) is 10.6 Å². The summed E-state index contributed by atoms with van der Waals surface area (Å²) in [7, 11) is 1.69. The van der Waals surface area contributed by atoms with E-state index in [0.717, 1.165) is 0 Å². The molecule has 0 aliphatic rings. The summed E-state index contributed by atoms with van der Waals surface area (Å²) in [5.74, 6) is -0.160. The standard InChI is InChI=1S/C7H14N2O2/c1-5(4-10)9-7(11)6(2)8-3/h4-6,8H,1-3H3,(H,9,11)/t5?,6-/m0/s1. The van der Waals surface area contributed by atoms with Crippen LogP contribution in [0.15, 0.2) is 0 Å². The van der Waals surface area contributed by atoms with Gasteiger partial charge in [0.2, 0.25) is 5.91 Å². The van der Waals surface area contributed by atoms with Gasteiger partial charge in [-0.1, -0.05) is 0 Å². The molecule has 0 saturated heterocycles. The van der Waals surface area contributed by atoms with Crippen LogP contribution < -0.4 is 10.6 Å². The van der Waals surface area contributed by atoms with Gasteiger partial charge in [0.05, 0.1) is 12.1 Å². The van der Waals surface area contributed by atoms with E-state index in [9.17, 15) is 9.59 Å². The van der Waals surface area contributed by atoms with Gasteiger partial charge in [0.25, 0.3) is 0 Å². The Morgan fingerprint density at radius 3 is 2.36 bits per heavy atom. The molecule has 64 valence electrons. The maximum Gasteiger partial charge on any atom is 0.237 e. The summed E-state index contributed by atoms with van der Waals surface area (Å²) >= 11 is 0. The molecular formula is C7H14N2O2. The van der Waals surface area contributed by atoms with E-state index in [-0.39, 0.29) is 11.9 Å². The van der Waals surface area contributed by atoms with E-state index in [0.29, 0.717) is 6.29 Å². The zero-order valence-electron chi connectivity index (χ0n) is 7.05. The van der Waals surface area contributed by atoms with E-state index >= 15 is 0 Å². The Bertz CT molecular complexity index is 147. The highest BCUT2D eigenvalue weighted by atomic mass is 16.2. The molecule has 4 heteroatoms. The molecule has 4 nitrogen and oxygen atoms in total. The van der Waals surface area contributed by atoms with Crippen LogP contribution in [-0.2, 0) is 9.59 Å². The lowest BCUT2D eigenvalue weighted by Crippen LogP contribution is -2.44. The monoisotopic (exact) mass is 158 g/mol. The summed E-state index contributed by atoms with van der Waals surface area (Å²) in [6.45, 7) is 3.36. The molecule has 0 bridgehead atoms. The third kappa shape index (κ3) is 3.72. The molecule has 0 aromatic heterocycles. The summed E-state index contributed by atoms with van der Waals surface area (Å²) in [6.07, 6.45) is 0.695. The Morgan fingerprint density at radius 1 is 1.45 bits per heavy atom. The molecule has 1 amide bonds. The Labute approximate surface area is 66.4 Å². The molecule has 0 aromatic carbocycles. The number of amides is 1. The zero-order valence-corrected chi connectivity index (χ0v) is 7.05. The molecule has 0 aliphatic heterocycles. The largest absolute Gasteiger partial charge is 0.346 e. The topological polar surface area (TPSA) is 58.2 Å². The SMILES string of the molecule is CN[C@@H](C)C(=O)NC(C)C=O. The van der Waals surface area contributed by atoms with E-state index in [4.69, 9.17) is 0 Å². The first-order chi connectivity index (χ1) is 5.11. The van der Waals surface area contributed by atoms with Gasteiger partial charge in [-0.3, -0.25) is 4.79 Å². The second kappa shape index (κ2) is 4.85. The van der Waals surface area contributed by atoms with Crippen LogP contribution in [0.2, 0.25) is 0 Å². The van der Waals surface area contributed by atoms with Crippen molar-refractivity contribution in [2.75, 3.05) is 7.05 Å². The Morgan fingerprint density at radius 2 is 2.00 bits per heavy atom. The molecule has 1 unspecified atom stereocenters. The molecule has 2 atom stereocenters. The minimum Gasteiger partial charge on any atom is -0.346 e. The number of hydrogen-bond acceptors (Lipinski definition) is 3. The Balaban J connectivity index is 3.76. The van der Waals surface area contributed by atoms with Crippen molar-refractivity contribution < 1.29 is 9.59 Å². The van der Waals surface area contributed by atoms with Crippen molar-refractivity contribution in [3.63, 3.8) is 0 Å². The van der Waals surface area contributed by atoms with Gasteiger partial charge in [0, 0.05) is 0 Å². The molecule has 0 rings (SSSR count). The quantitative estimate of drug-likeness (QED) is 0.532. The third-order valence-electron chi connectivity index (χ3n) is 1.40. The number of carbonyl (C=O) groups is 2. The van der Waals surface area contributed by atoms with E-state index in [1.807, 2.05) is 0 Å². The molecule has 0 aromatic rings. The van der Waals surface area contributed by atoms with E-state index in [1.165, 1.54) is 0 Å². The number of rotatable bonds is 4. The second-order valence-electron chi connectivity index (χ2n) is 2.44.